The Morgan fingerprint density at radius 3 is 1.23 bits per heavy atom. The molecule has 0 spiro atoms. The second-order valence-electron chi connectivity index (χ2n) is 4.42. The number of aliphatic carboxylic acids is 2. The molecule has 2 atom stereocenters. The molecule has 0 aliphatic rings. The molecule has 9 nitrogen and oxygen atoms in total. The zero-order chi connectivity index (χ0) is 16.0. The van der Waals surface area contributed by atoms with Gasteiger partial charge in [0.1, 0.15) is 0 Å². The zero-order valence-corrected chi connectivity index (χ0v) is 14.4. The van der Waals surface area contributed by atoms with Crippen molar-refractivity contribution in [1.82, 2.24) is 0 Å². The number of hydrogen-bond acceptors (Lipinski definition) is 8. The minimum absolute atomic E-state index is 0. The molecule has 0 aromatic rings. The second-order valence-corrected chi connectivity index (χ2v) is 4.42. The van der Waals surface area contributed by atoms with Gasteiger partial charge in [0.2, 0.25) is 0 Å². The van der Waals surface area contributed by atoms with Gasteiger partial charge >= 0.3 is 23.1 Å². The van der Waals surface area contributed by atoms with Gasteiger partial charge in [0.05, 0.1) is 11.9 Å². The molecule has 0 aliphatic carbocycles. The SMILES string of the molecule is NCCCC[C@H](N)C(=O)[O-].NCCCC[C@H](N)C(=O)[O-].O.[Mg+2]. The van der Waals surface area contributed by atoms with Crippen LogP contribution in [0.1, 0.15) is 38.5 Å². The molecule has 0 aliphatic heterocycles. The van der Waals surface area contributed by atoms with Crippen LogP contribution in [0.25, 0.3) is 0 Å². The van der Waals surface area contributed by atoms with Gasteiger partial charge in [-0.2, -0.15) is 0 Å². The van der Waals surface area contributed by atoms with Crippen LogP contribution in [0.2, 0.25) is 0 Å². The molecular formula is C12H28MgN4O5. The van der Waals surface area contributed by atoms with Crippen LogP contribution < -0.4 is 33.1 Å². The van der Waals surface area contributed by atoms with Gasteiger partial charge in [-0.3, -0.25) is 0 Å². The molecule has 10 N–H and O–H groups in total. The summed E-state index contributed by atoms with van der Waals surface area (Å²) in [7, 11) is 0. The molecule has 0 amide bonds. The first-order chi connectivity index (χ1) is 9.36. The van der Waals surface area contributed by atoms with Gasteiger partial charge in [-0.1, -0.05) is 12.8 Å². The van der Waals surface area contributed by atoms with Crippen LogP contribution >= 0.6 is 0 Å². The topological polar surface area (TPSA) is 216 Å². The average molecular weight is 333 g/mol. The van der Waals surface area contributed by atoms with Crippen LogP contribution in [0.5, 0.6) is 0 Å². The van der Waals surface area contributed by atoms with Gasteiger partial charge in [-0.25, -0.2) is 0 Å². The average Bonchev–Trinajstić information content (AvgIpc) is 2.39. The van der Waals surface area contributed by atoms with Crippen molar-refractivity contribution in [2.45, 2.75) is 50.6 Å². The monoisotopic (exact) mass is 332 g/mol. The Balaban J connectivity index is -0.000000135. The summed E-state index contributed by atoms with van der Waals surface area (Å²) in [5.41, 5.74) is 20.7. The molecule has 0 saturated carbocycles. The van der Waals surface area contributed by atoms with E-state index in [1.165, 1.54) is 0 Å². The summed E-state index contributed by atoms with van der Waals surface area (Å²) < 4.78 is 0. The van der Waals surface area contributed by atoms with Crippen molar-refractivity contribution in [2.24, 2.45) is 22.9 Å². The second kappa shape index (κ2) is 20.5. The zero-order valence-electron chi connectivity index (χ0n) is 13.0. The fraction of sp³-hybridized carbons (Fsp3) is 0.833. The van der Waals surface area contributed by atoms with E-state index in [0.717, 1.165) is 25.7 Å². The number of carboxylic acids is 2. The van der Waals surface area contributed by atoms with Crippen LogP contribution in [0, 0.1) is 0 Å². The molecule has 128 valence electrons. The smallest absolute Gasteiger partial charge is 0.548 e. The summed E-state index contributed by atoms with van der Waals surface area (Å²) in [5.74, 6) is -2.37. The largest absolute Gasteiger partial charge is 2.00 e. The van der Waals surface area contributed by atoms with Crippen LogP contribution in [0.3, 0.4) is 0 Å². The minimum atomic E-state index is -1.18. The molecule has 0 rings (SSSR count). The number of hydrogen-bond donors (Lipinski definition) is 4. The third-order valence-corrected chi connectivity index (χ3v) is 2.54. The predicted octanol–water partition coefficient (Wildman–Crippen LogP) is -4.82. The minimum Gasteiger partial charge on any atom is -0.548 e. The van der Waals surface area contributed by atoms with Crippen molar-refractivity contribution < 1.29 is 25.3 Å². The Labute approximate surface area is 147 Å². The van der Waals surface area contributed by atoms with Crippen LogP contribution in [0.15, 0.2) is 0 Å². The number of carboxylic acid groups (broad SMARTS) is 2. The summed E-state index contributed by atoms with van der Waals surface area (Å²) in [4.78, 5) is 20.1. The summed E-state index contributed by atoms with van der Waals surface area (Å²) >= 11 is 0. The maximum atomic E-state index is 10.0. The molecule has 0 saturated heterocycles. The Morgan fingerprint density at radius 2 is 1.05 bits per heavy atom. The summed E-state index contributed by atoms with van der Waals surface area (Å²) in [5, 5.41) is 20.1. The molecule has 0 fully saturated rings. The van der Waals surface area contributed by atoms with E-state index in [-0.39, 0.29) is 28.5 Å². The van der Waals surface area contributed by atoms with Crippen LogP contribution in [-0.4, -0.2) is 65.6 Å². The third-order valence-electron chi connectivity index (χ3n) is 2.54. The fourth-order valence-corrected chi connectivity index (χ4v) is 1.25. The van der Waals surface area contributed by atoms with E-state index < -0.39 is 24.0 Å². The number of unbranched alkanes of at least 4 members (excludes halogenated alkanes) is 2. The fourth-order valence-electron chi connectivity index (χ4n) is 1.25. The quantitative estimate of drug-likeness (QED) is 0.224. The van der Waals surface area contributed by atoms with Crippen LogP contribution in [-0.2, 0) is 9.59 Å². The summed E-state index contributed by atoms with van der Waals surface area (Å²) in [6.45, 7) is 1.17. The van der Waals surface area contributed by atoms with Gasteiger partial charge in [0, 0.05) is 12.1 Å². The number of nitrogens with two attached hydrogens (primary N) is 4. The molecule has 22 heavy (non-hydrogen) atoms. The van der Waals surface area contributed by atoms with Gasteiger partial charge in [0.15, 0.2) is 0 Å². The van der Waals surface area contributed by atoms with Crippen molar-refractivity contribution in [1.29, 1.82) is 0 Å². The number of carbonyl (C=O) groups excluding carboxylic acids is 2. The van der Waals surface area contributed by atoms with E-state index in [9.17, 15) is 19.8 Å². The van der Waals surface area contributed by atoms with Gasteiger partial charge in [-0.05, 0) is 38.8 Å². The van der Waals surface area contributed by atoms with E-state index in [2.05, 4.69) is 0 Å². The molecular weight excluding hydrogens is 304 g/mol. The number of carbonyl (C=O) groups is 2. The first-order valence-electron chi connectivity index (χ1n) is 6.69. The third kappa shape index (κ3) is 21.8. The standard InChI is InChI=1S/2C6H14N2O2.Mg.H2O/c2*7-4-2-1-3-5(8)6(9)10;;/h2*5H,1-4,7-8H2,(H,9,10);;1H2/q;;+2;/p-2/t2*5-;;/m00../s1. The van der Waals surface area contributed by atoms with E-state index >= 15 is 0 Å². The summed E-state index contributed by atoms with van der Waals surface area (Å²) in [6.07, 6.45) is 4.07. The molecule has 0 radical (unpaired) electrons. The molecule has 10 heteroatoms. The molecule has 0 aromatic carbocycles. The Hall–Kier alpha value is -0.494. The Kier molecular flexibility index (Phi) is 27.5. The normalized spacial score (nSPS) is 11.8. The first kappa shape index (κ1) is 29.5. The summed E-state index contributed by atoms with van der Waals surface area (Å²) in [6, 6.07) is -1.65. The maximum absolute atomic E-state index is 10.0. The van der Waals surface area contributed by atoms with Crippen molar-refractivity contribution in [2.75, 3.05) is 13.1 Å². The first-order valence-corrected chi connectivity index (χ1v) is 6.69. The molecule has 0 aromatic heterocycles. The maximum Gasteiger partial charge on any atom is 2.00 e. The molecule has 0 heterocycles. The van der Waals surface area contributed by atoms with E-state index in [1.54, 1.807) is 0 Å². The van der Waals surface area contributed by atoms with Crippen LogP contribution in [0.4, 0.5) is 0 Å². The van der Waals surface area contributed by atoms with Crippen molar-refractivity contribution in [3.05, 3.63) is 0 Å². The van der Waals surface area contributed by atoms with Crippen molar-refractivity contribution >= 4 is 35.0 Å². The molecule has 0 unspecified atom stereocenters. The number of rotatable bonds is 10. The van der Waals surface area contributed by atoms with Gasteiger partial charge in [0.25, 0.3) is 0 Å². The predicted molar refractivity (Wildman–Crippen MR) is 81.1 cm³/mol. The van der Waals surface area contributed by atoms with E-state index in [1.807, 2.05) is 0 Å². The van der Waals surface area contributed by atoms with Crippen molar-refractivity contribution in [3.8, 4) is 0 Å². The molecule has 0 bridgehead atoms. The van der Waals surface area contributed by atoms with E-state index in [4.69, 9.17) is 22.9 Å². The van der Waals surface area contributed by atoms with Gasteiger partial charge in [-0.15, -0.1) is 0 Å². The van der Waals surface area contributed by atoms with Gasteiger partial charge < -0.3 is 48.2 Å². The Bertz CT molecular complexity index is 246. The van der Waals surface area contributed by atoms with E-state index in [0.29, 0.717) is 25.9 Å². The Morgan fingerprint density at radius 1 is 0.773 bits per heavy atom. The van der Waals surface area contributed by atoms with Crippen molar-refractivity contribution in [3.63, 3.8) is 0 Å².